The molecule has 0 aliphatic rings. The summed E-state index contributed by atoms with van der Waals surface area (Å²) in [6.07, 6.45) is 0.883. The van der Waals surface area contributed by atoms with Crippen LogP contribution in [0.15, 0.2) is 18.2 Å². The highest BCUT2D eigenvalue weighted by atomic mass is 35.5. The van der Waals surface area contributed by atoms with Crippen molar-refractivity contribution in [2.75, 3.05) is 13.6 Å². The summed E-state index contributed by atoms with van der Waals surface area (Å²) in [7, 11) is 1.91. The maximum Gasteiger partial charge on any atom is 0.0595 e. The highest BCUT2D eigenvalue weighted by Gasteiger charge is 2.09. The lowest BCUT2D eigenvalue weighted by atomic mass is 10.0. The lowest BCUT2D eigenvalue weighted by Crippen LogP contribution is -2.19. The molecule has 0 bridgehead atoms. The molecule has 0 spiro atoms. The molecule has 1 atom stereocenters. The van der Waals surface area contributed by atoms with Gasteiger partial charge in [-0.05, 0) is 37.7 Å². The first-order valence-corrected chi connectivity index (χ1v) is 5.27. The van der Waals surface area contributed by atoms with Crippen molar-refractivity contribution < 1.29 is 0 Å². The summed E-state index contributed by atoms with van der Waals surface area (Å²) in [6, 6.07) is 5.89. The van der Waals surface area contributed by atoms with E-state index < -0.39 is 0 Å². The highest BCUT2D eigenvalue weighted by molar-refractivity contribution is 6.42. The summed E-state index contributed by atoms with van der Waals surface area (Å²) in [5, 5.41) is 4.35. The van der Waals surface area contributed by atoms with Crippen LogP contribution in [0.1, 0.15) is 18.0 Å². The molecule has 0 saturated heterocycles. The molecule has 0 fully saturated rings. The SMILES string of the molecule is CNC(CCN)c1ccc(Cl)c(Cl)c1. The molecule has 0 heterocycles. The van der Waals surface area contributed by atoms with Gasteiger partial charge >= 0.3 is 0 Å². The van der Waals surface area contributed by atoms with Gasteiger partial charge in [0.15, 0.2) is 0 Å². The average Bonchev–Trinajstić information content (AvgIpc) is 2.19. The van der Waals surface area contributed by atoms with E-state index in [2.05, 4.69) is 5.32 Å². The van der Waals surface area contributed by atoms with E-state index in [1.807, 2.05) is 19.2 Å². The molecule has 2 nitrogen and oxygen atoms in total. The second-order valence-corrected chi connectivity index (χ2v) is 3.91. The summed E-state index contributed by atoms with van der Waals surface area (Å²) in [4.78, 5) is 0. The van der Waals surface area contributed by atoms with Gasteiger partial charge in [-0.15, -0.1) is 0 Å². The van der Waals surface area contributed by atoms with Crippen molar-refractivity contribution in [1.82, 2.24) is 5.32 Å². The Bertz CT molecular complexity index is 302. The third-order valence-corrected chi connectivity index (χ3v) is 2.89. The van der Waals surface area contributed by atoms with E-state index >= 15 is 0 Å². The Morgan fingerprint density at radius 1 is 1.36 bits per heavy atom. The van der Waals surface area contributed by atoms with E-state index in [1.54, 1.807) is 6.07 Å². The van der Waals surface area contributed by atoms with Gasteiger partial charge in [-0.3, -0.25) is 0 Å². The Hall–Kier alpha value is -0.280. The fourth-order valence-corrected chi connectivity index (χ4v) is 1.68. The van der Waals surface area contributed by atoms with Gasteiger partial charge in [0.1, 0.15) is 0 Å². The van der Waals surface area contributed by atoms with Crippen molar-refractivity contribution in [1.29, 1.82) is 0 Å². The Morgan fingerprint density at radius 3 is 2.57 bits per heavy atom. The Labute approximate surface area is 94.4 Å². The smallest absolute Gasteiger partial charge is 0.0595 e. The maximum absolute atomic E-state index is 5.92. The molecular weight excluding hydrogens is 219 g/mol. The second-order valence-electron chi connectivity index (χ2n) is 3.09. The highest BCUT2D eigenvalue weighted by Crippen LogP contribution is 2.26. The number of rotatable bonds is 4. The van der Waals surface area contributed by atoms with E-state index in [-0.39, 0.29) is 6.04 Å². The Kier molecular flexibility index (Phi) is 4.69. The third kappa shape index (κ3) is 2.85. The van der Waals surface area contributed by atoms with Crippen LogP contribution in [0.5, 0.6) is 0 Å². The van der Waals surface area contributed by atoms with Gasteiger partial charge in [0, 0.05) is 6.04 Å². The number of halogens is 2. The van der Waals surface area contributed by atoms with Crippen molar-refractivity contribution in [2.45, 2.75) is 12.5 Å². The standard InChI is InChI=1S/C10H14Cl2N2/c1-14-10(4-5-13)7-2-3-8(11)9(12)6-7/h2-3,6,10,14H,4-5,13H2,1H3. The van der Waals surface area contributed by atoms with Crippen molar-refractivity contribution >= 4 is 23.2 Å². The molecule has 0 radical (unpaired) electrons. The number of benzene rings is 1. The summed E-state index contributed by atoms with van der Waals surface area (Å²) < 4.78 is 0. The molecule has 0 saturated carbocycles. The van der Waals surface area contributed by atoms with E-state index in [0.717, 1.165) is 12.0 Å². The van der Waals surface area contributed by atoms with Gasteiger partial charge in [-0.1, -0.05) is 29.3 Å². The number of nitrogens with two attached hydrogens (primary N) is 1. The zero-order valence-electron chi connectivity index (χ0n) is 8.06. The van der Waals surface area contributed by atoms with Crippen LogP contribution in [0.2, 0.25) is 10.0 Å². The molecule has 3 N–H and O–H groups in total. The second kappa shape index (κ2) is 5.56. The molecular formula is C10H14Cl2N2. The van der Waals surface area contributed by atoms with Gasteiger partial charge in [-0.2, -0.15) is 0 Å². The molecule has 0 aliphatic heterocycles. The summed E-state index contributed by atoms with van der Waals surface area (Å²) in [6.45, 7) is 0.645. The quantitative estimate of drug-likeness (QED) is 0.838. The Balaban J connectivity index is 2.88. The lowest BCUT2D eigenvalue weighted by molar-refractivity contribution is 0.556. The molecule has 1 aromatic rings. The zero-order chi connectivity index (χ0) is 10.6. The molecule has 1 aromatic carbocycles. The van der Waals surface area contributed by atoms with Gasteiger partial charge in [0.25, 0.3) is 0 Å². The molecule has 1 unspecified atom stereocenters. The van der Waals surface area contributed by atoms with E-state index in [4.69, 9.17) is 28.9 Å². The van der Waals surface area contributed by atoms with Crippen molar-refractivity contribution in [3.8, 4) is 0 Å². The molecule has 78 valence electrons. The fourth-order valence-electron chi connectivity index (χ4n) is 1.37. The van der Waals surface area contributed by atoms with Crippen LogP contribution in [0.4, 0.5) is 0 Å². The minimum absolute atomic E-state index is 0.245. The van der Waals surface area contributed by atoms with Crippen LogP contribution in [0, 0.1) is 0 Å². The van der Waals surface area contributed by atoms with Crippen LogP contribution < -0.4 is 11.1 Å². The predicted molar refractivity (Wildman–Crippen MR) is 61.9 cm³/mol. The summed E-state index contributed by atoms with van der Waals surface area (Å²) >= 11 is 11.8. The summed E-state index contributed by atoms with van der Waals surface area (Å²) in [5.74, 6) is 0. The van der Waals surface area contributed by atoms with Crippen molar-refractivity contribution in [3.63, 3.8) is 0 Å². The molecule has 0 aromatic heterocycles. The first kappa shape index (κ1) is 11.8. The van der Waals surface area contributed by atoms with E-state index in [1.165, 1.54) is 0 Å². The minimum Gasteiger partial charge on any atom is -0.330 e. The topological polar surface area (TPSA) is 38.0 Å². The average molecular weight is 233 g/mol. The fraction of sp³-hybridized carbons (Fsp3) is 0.400. The lowest BCUT2D eigenvalue weighted by Gasteiger charge is -2.15. The zero-order valence-corrected chi connectivity index (χ0v) is 9.57. The van der Waals surface area contributed by atoms with Crippen molar-refractivity contribution in [2.24, 2.45) is 5.73 Å². The number of nitrogens with one attached hydrogen (secondary N) is 1. The first-order valence-electron chi connectivity index (χ1n) is 4.51. The van der Waals surface area contributed by atoms with Crippen molar-refractivity contribution in [3.05, 3.63) is 33.8 Å². The van der Waals surface area contributed by atoms with Crippen LogP contribution in [0.3, 0.4) is 0 Å². The molecule has 1 rings (SSSR count). The van der Waals surface area contributed by atoms with E-state index in [9.17, 15) is 0 Å². The first-order chi connectivity index (χ1) is 6.69. The monoisotopic (exact) mass is 232 g/mol. The molecule has 4 heteroatoms. The molecule has 0 amide bonds. The van der Waals surface area contributed by atoms with Gasteiger partial charge in [-0.25, -0.2) is 0 Å². The maximum atomic E-state index is 5.92. The summed E-state index contributed by atoms with van der Waals surface area (Å²) in [5.41, 5.74) is 6.63. The van der Waals surface area contributed by atoms with Crippen LogP contribution in [0.25, 0.3) is 0 Å². The normalized spacial score (nSPS) is 12.9. The number of hydrogen-bond donors (Lipinski definition) is 2. The minimum atomic E-state index is 0.245. The van der Waals surface area contributed by atoms with Gasteiger partial charge in [0.05, 0.1) is 10.0 Å². The molecule has 0 aliphatic carbocycles. The van der Waals surface area contributed by atoms with E-state index in [0.29, 0.717) is 16.6 Å². The predicted octanol–water partition coefficient (Wildman–Crippen LogP) is 2.60. The molecule has 14 heavy (non-hydrogen) atoms. The Morgan fingerprint density at radius 2 is 2.07 bits per heavy atom. The van der Waals surface area contributed by atoms with Gasteiger partial charge in [0.2, 0.25) is 0 Å². The van der Waals surface area contributed by atoms with Crippen LogP contribution in [-0.4, -0.2) is 13.6 Å². The van der Waals surface area contributed by atoms with Crippen LogP contribution >= 0.6 is 23.2 Å². The largest absolute Gasteiger partial charge is 0.330 e. The third-order valence-electron chi connectivity index (χ3n) is 2.15. The van der Waals surface area contributed by atoms with Gasteiger partial charge < -0.3 is 11.1 Å². The number of hydrogen-bond acceptors (Lipinski definition) is 2. The van der Waals surface area contributed by atoms with Crippen LogP contribution in [-0.2, 0) is 0 Å².